The summed E-state index contributed by atoms with van der Waals surface area (Å²) in [6.45, 7) is 5.12. The summed E-state index contributed by atoms with van der Waals surface area (Å²) in [7, 11) is 2.95. The molecule has 0 spiro atoms. The molecule has 180 valence electrons. The fraction of sp³-hybridized carbons (Fsp3) is 0.682. The summed E-state index contributed by atoms with van der Waals surface area (Å²) in [5.74, 6) is -0.348. The monoisotopic (exact) mass is 474 g/mol. The molecule has 8 unspecified atom stereocenters. The molecule has 1 aromatic carbocycles. The van der Waals surface area contributed by atoms with Crippen molar-refractivity contribution in [1.29, 1.82) is 0 Å². The van der Waals surface area contributed by atoms with Crippen molar-refractivity contribution >= 4 is 17.6 Å². The topological polar surface area (TPSA) is 113 Å². The average Bonchev–Trinajstić information content (AvgIpc) is 2.75. The maximum Gasteiger partial charge on any atom is 0.342 e. The highest BCUT2D eigenvalue weighted by Crippen LogP contribution is 2.32. The van der Waals surface area contributed by atoms with E-state index in [2.05, 4.69) is 0 Å². The molecule has 8 atom stereocenters. The highest BCUT2D eigenvalue weighted by molar-refractivity contribution is 6.31. The van der Waals surface area contributed by atoms with Crippen LogP contribution in [0.2, 0.25) is 5.02 Å². The van der Waals surface area contributed by atoms with E-state index in [1.807, 2.05) is 0 Å². The van der Waals surface area contributed by atoms with Gasteiger partial charge in [0.25, 0.3) is 0 Å². The van der Waals surface area contributed by atoms with E-state index >= 15 is 0 Å². The third-order valence-electron chi connectivity index (χ3n) is 5.91. The fourth-order valence-corrected chi connectivity index (χ4v) is 4.20. The minimum absolute atomic E-state index is 0.0722. The quantitative estimate of drug-likeness (QED) is 0.599. The van der Waals surface area contributed by atoms with Gasteiger partial charge in [-0.15, -0.1) is 0 Å². The molecule has 0 aromatic heterocycles. The number of carbonyl (C=O) groups excluding carboxylic acids is 1. The standard InChI is InChI=1S/C22H31ClO9/c1-10-13(23)6-7-15(27-4)19(10)22(26)31-16-9-18(29-11(2)20(16)25)32-21-12(3)30-17(28-5)8-14(21)24/h6-7,11-12,14,16-18,20-21,24-25H,8-9H2,1-5H3. The minimum atomic E-state index is -1.06. The lowest BCUT2D eigenvalue weighted by Gasteiger charge is -2.42. The fourth-order valence-electron chi connectivity index (χ4n) is 4.04. The van der Waals surface area contributed by atoms with Crippen molar-refractivity contribution in [3.8, 4) is 5.75 Å². The van der Waals surface area contributed by atoms with Gasteiger partial charge in [-0.1, -0.05) is 11.6 Å². The molecule has 3 rings (SSSR count). The van der Waals surface area contributed by atoms with Crippen LogP contribution in [0.1, 0.15) is 42.6 Å². The summed E-state index contributed by atoms with van der Waals surface area (Å²) in [5, 5.41) is 21.4. The number of hydrogen-bond donors (Lipinski definition) is 2. The molecule has 0 saturated carbocycles. The van der Waals surface area contributed by atoms with Gasteiger partial charge in [-0.05, 0) is 38.5 Å². The Balaban J connectivity index is 1.71. The molecule has 10 heteroatoms. The zero-order chi connectivity index (χ0) is 23.6. The Hall–Kier alpha value is -1.46. The third-order valence-corrected chi connectivity index (χ3v) is 6.32. The van der Waals surface area contributed by atoms with E-state index in [-0.39, 0.29) is 18.4 Å². The highest BCUT2D eigenvalue weighted by Gasteiger charge is 2.43. The van der Waals surface area contributed by atoms with Gasteiger partial charge in [-0.3, -0.25) is 0 Å². The molecule has 0 amide bonds. The van der Waals surface area contributed by atoms with E-state index in [0.717, 1.165) is 0 Å². The SMILES string of the molecule is COc1ccc(Cl)c(C)c1C(=O)OC1CC(OC2C(O)CC(OC)OC2C)OC(C)C1O. The Bertz CT molecular complexity index is 792. The van der Waals surface area contributed by atoms with Crippen molar-refractivity contribution in [2.45, 2.75) is 82.8 Å². The van der Waals surface area contributed by atoms with Crippen molar-refractivity contribution < 1.29 is 43.4 Å². The van der Waals surface area contributed by atoms with Crippen LogP contribution in [0, 0.1) is 6.92 Å². The Morgan fingerprint density at radius 2 is 1.78 bits per heavy atom. The van der Waals surface area contributed by atoms with Gasteiger partial charge in [-0.25, -0.2) is 4.79 Å². The number of carbonyl (C=O) groups is 1. The molecule has 2 N–H and O–H groups in total. The maximum absolute atomic E-state index is 13.0. The molecular weight excluding hydrogens is 444 g/mol. The Labute approximate surface area is 192 Å². The maximum atomic E-state index is 13.0. The third kappa shape index (κ3) is 5.36. The second kappa shape index (κ2) is 10.6. The molecule has 32 heavy (non-hydrogen) atoms. The van der Waals surface area contributed by atoms with Crippen LogP contribution in [0.15, 0.2) is 12.1 Å². The lowest BCUT2D eigenvalue weighted by Crippen LogP contribution is -2.54. The molecule has 2 aliphatic rings. The summed E-state index contributed by atoms with van der Waals surface area (Å²) >= 11 is 6.16. The van der Waals surface area contributed by atoms with Crippen molar-refractivity contribution in [3.63, 3.8) is 0 Å². The lowest BCUT2D eigenvalue weighted by atomic mass is 10.00. The number of hydrogen-bond acceptors (Lipinski definition) is 9. The van der Waals surface area contributed by atoms with Gasteiger partial charge in [-0.2, -0.15) is 0 Å². The molecule has 2 aliphatic heterocycles. The smallest absolute Gasteiger partial charge is 0.342 e. The molecule has 0 aliphatic carbocycles. The summed E-state index contributed by atoms with van der Waals surface area (Å²) in [4.78, 5) is 13.0. The van der Waals surface area contributed by atoms with Gasteiger partial charge >= 0.3 is 5.97 Å². The molecule has 2 heterocycles. The summed E-state index contributed by atoms with van der Waals surface area (Å²) in [5.41, 5.74) is 0.710. The number of esters is 1. The van der Waals surface area contributed by atoms with Gasteiger partial charge in [0.05, 0.1) is 25.4 Å². The molecular formula is C22H31ClO9. The second-order valence-corrected chi connectivity index (χ2v) is 8.51. The Kier molecular flexibility index (Phi) is 8.37. The highest BCUT2D eigenvalue weighted by atomic mass is 35.5. The molecule has 9 nitrogen and oxygen atoms in total. The van der Waals surface area contributed by atoms with Crippen molar-refractivity contribution in [3.05, 3.63) is 28.3 Å². The van der Waals surface area contributed by atoms with Crippen LogP contribution in [0.5, 0.6) is 5.75 Å². The van der Waals surface area contributed by atoms with Crippen LogP contribution in [0.25, 0.3) is 0 Å². The van der Waals surface area contributed by atoms with Crippen molar-refractivity contribution in [1.82, 2.24) is 0 Å². The van der Waals surface area contributed by atoms with E-state index in [0.29, 0.717) is 16.3 Å². The summed E-state index contributed by atoms with van der Waals surface area (Å²) in [6, 6.07) is 3.22. The zero-order valence-corrected chi connectivity index (χ0v) is 19.6. The first-order valence-corrected chi connectivity index (χ1v) is 10.9. The van der Waals surface area contributed by atoms with E-state index in [1.165, 1.54) is 14.2 Å². The first-order chi connectivity index (χ1) is 15.2. The second-order valence-electron chi connectivity index (χ2n) is 8.10. The number of methoxy groups -OCH3 is 2. The van der Waals surface area contributed by atoms with Gasteiger partial charge in [0.1, 0.15) is 29.6 Å². The molecule has 0 radical (unpaired) electrons. The van der Waals surface area contributed by atoms with Crippen LogP contribution in [-0.2, 0) is 23.7 Å². The van der Waals surface area contributed by atoms with E-state index < -0.39 is 55.2 Å². The molecule has 2 fully saturated rings. The summed E-state index contributed by atoms with van der Waals surface area (Å²) < 4.78 is 33.5. The van der Waals surface area contributed by atoms with Crippen molar-refractivity contribution in [2.75, 3.05) is 14.2 Å². The van der Waals surface area contributed by atoms with E-state index in [1.54, 1.807) is 32.9 Å². The number of rotatable bonds is 6. The molecule has 0 bridgehead atoms. The number of ether oxygens (including phenoxy) is 6. The predicted octanol–water partition coefficient (Wildman–Crippen LogP) is 2.21. The van der Waals surface area contributed by atoms with E-state index in [4.69, 9.17) is 40.0 Å². The molecule has 1 aromatic rings. The number of benzene rings is 1. The normalized spacial score (nSPS) is 35.4. The first-order valence-electron chi connectivity index (χ1n) is 10.6. The van der Waals surface area contributed by atoms with Crippen LogP contribution in [-0.4, -0.2) is 79.6 Å². The Morgan fingerprint density at radius 1 is 1.09 bits per heavy atom. The number of aliphatic hydroxyl groups is 2. The van der Waals surface area contributed by atoms with Crippen LogP contribution >= 0.6 is 11.6 Å². The first kappa shape index (κ1) is 25.2. The van der Waals surface area contributed by atoms with Crippen LogP contribution in [0.4, 0.5) is 0 Å². The van der Waals surface area contributed by atoms with Crippen LogP contribution < -0.4 is 4.74 Å². The number of halogens is 1. The number of aliphatic hydroxyl groups excluding tert-OH is 2. The average molecular weight is 475 g/mol. The van der Waals surface area contributed by atoms with Crippen molar-refractivity contribution in [2.24, 2.45) is 0 Å². The Morgan fingerprint density at radius 3 is 2.41 bits per heavy atom. The summed E-state index contributed by atoms with van der Waals surface area (Å²) in [6.07, 6.45) is -5.59. The molecule has 2 saturated heterocycles. The predicted molar refractivity (Wildman–Crippen MR) is 114 cm³/mol. The van der Waals surface area contributed by atoms with Gasteiger partial charge in [0, 0.05) is 25.0 Å². The van der Waals surface area contributed by atoms with Crippen LogP contribution in [0.3, 0.4) is 0 Å². The van der Waals surface area contributed by atoms with Gasteiger partial charge in [0.15, 0.2) is 12.6 Å². The zero-order valence-electron chi connectivity index (χ0n) is 18.8. The van der Waals surface area contributed by atoms with E-state index in [9.17, 15) is 15.0 Å². The van der Waals surface area contributed by atoms with Gasteiger partial charge in [0.2, 0.25) is 0 Å². The van der Waals surface area contributed by atoms with Gasteiger partial charge < -0.3 is 38.6 Å². The largest absolute Gasteiger partial charge is 0.496 e. The lowest BCUT2D eigenvalue weighted by molar-refractivity contribution is -0.308. The minimum Gasteiger partial charge on any atom is -0.496 e.